The summed E-state index contributed by atoms with van der Waals surface area (Å²) < 4.78 is 16.1. The van der Waals surface area contributed by atoms with Gasteiger partial charge in [-0.15, -0.1) is 0 Å². The van der Waals surface area contributed by atoms with E-state index in [0.717, 1.165) is 5.56 Å². The maximum atomic E-state index is 13.8. The Hall–Kier alpha value is -4.00. The Morgan fingerprint density at radius 3 is 2.03 bits per heavy atom. The fourth-order valence-electron chi connectivity index (χ4n) is 4.27. The van der Waals surface area contributed by atoms with Gasteiger partial charge in [0.1, 0.15) is 11.9 Å². The number of nitrogens with zero attached hydrogens (tertiary/aromatic N) is 2. The van der Waals surface area contributed by atoms with Gasteiger partial charge in [0.15, 0.2) is 11.5 Å². The van der Waals surface area contributed by atoms with E-state index in [0.29, 0.717) is 39.8 Å². The molecule has 1 unspecified atom stereocenters. The Kier molecular flexibility index (Phi) is 4.32. The highest BCUT2D eigenvalue weighted by Crippen LogP contribution is 2.49. The third-order valence-corrected chi connectivity index (χ3v) is 5.74. The fourth-order valence-corrected chi connectivity index (χ4v) is 4.27. The number of methoxy groups -OCH3 is 3. The molecule has 3 aromatic carbocycles. The van der Waals surface area contributed by atoms with Gasteiger partial charge >= 0.3 is 0 Å². The second-order valence-corrected chi connectivity index (χ2v) is 7.23. The number of amides is 2. The second-order valence-electron chi connectivity index (χ2n) is 7.23. The molecular formula is C24H20N2O5. The lowest BCUT2D eigenvalue weighted by molar-refractivity contribution is 0.0948. The number of fused-ring (bicyclic) bond motifs is 5. The molecule has 31 heavy (non-hydrogen) atoms. The molecule has 2 amide bonds. The molecule has 0 aromatic heterocycles. The van der Waals surface area contributed by atoms with Crippen LogP contribution in [0.5, 0.6) is 17.2 Å². The van der Waals surface area contributed by atoms with Crippen LogP contribution in [-0.2, 0) is 0 Å². The lowest BCUT2D eigenvalue weighted by Gasteiger charge is -2.41. The summed E-state index contributed by atoms with van der Waals surface area (Å²) in [7, 11) is 4.62. The van der Waals surface area contributed by atoms with Crippen LogP contribution in [0.3, 0.4) is 0 Å². The molecular weight excluding hydrogens is 396 g/mol. The van der Waals surface area contributed by atoms with Gasteiger partial charge in [0.25, 0.3) is 11.8 Å². The zero-order valence-corrected chi connectivity index (χ0v) is 17.3. The molecule has 2 aliphatic heterocycles. The van der Waals surface area contributed by atoms with E-state index in [9.17, 15) is 9.59 Å². The van der Waals surface area contributed by atoms with Gasteiger partial charge in [0.2, 0.25) is 0 Å². The van der Waals surface area contributed by atoms with E-state index >= 15 is 0 Å². The first-order chi connectivity index (χ1) is 15.1. The summed E-state index contributed by atoms with van der Waals surface area (Å²) in [6, 6.07) is 17.9. The first-order valence-electron chi connectivity index (χ1n) is 9.75. The van der Waals surface area contributed by atoms with E-state index in [1.807, 2.05) is 30.3 Å². The first-order valence-corrected chi connectivity index (χ1v) is 9.75. The summed E-state index contributed by atoms with van der Waals surface area (Å²) in [5.41, 5.74) is 2.87. The molecule has 3 aromatic rings. The number of ether oxygens (including phenoxy) is 3. The van der Waals surface area contributed by atoms with Gasteiger partial charge in [0, 0.05) is 22.9 Å². The average Bonchev–Trinajstić information content (AvgIpc) is 3.11. The summed E-state index contributed by atoms with van der Waals surface area (Å²) in [6.07, 6.45) is -0.602. The van der Waals surface area contributed by atoms with E-state index in [-0.39, 0.29) is 11.8 Å². The fraction of sp³-hybridized carbons (Fsp3) is 0.167. The molecule has 2 heterocycles. The van der Waals surface area contributed by atoms with Crippen molar-refractivity contribution < 1.29 is 23.8 Å². The first kappa shape index (κ1) is 19.0. The van der Waals surface area contributed by atoms with Gasteiger partial charge in [0.05, 0.1) is 32.6 Å². The van der Waals surface area contributed by atoms with E-state index in [4.69, 9.17) is 14.2 Å². The standard InChI is InChI=1S/C24H20N2O5/c1-29-15-10-8-14(9-11-15)25-22-16-6-4-5-7-17(16)23(27)26(22)19-13-21(31-3)20(30-2)12-18(19)24(25)28/h4-13,22H,1-3H3. The molecule has 0 radical (unpaired) electrons. The maximum Gasteiger partial charge on any atom is 0.262 e. The molecule has 0 bridgehead atoms. The third kappa shape index (κ3) is 2.66. The van der Waals surface area contributed by atoms with E-state index in [1.165, 1.54) is 14.2 Å². The van der Waals surface area contributed by atoms with Crippen LogP contribution in [0, 0.1) is 0 Å². The minimum atomic E-state index is -0.602. The van der Waals surface area contributed by atoms with Gasteiger partial charge in [-0.3, -0.25) is 19.4 Å². The Balaban J connectivity index is 1.76. The summed E-state index contributed by atoms with van der Waals surface area (Å²) in [4.78, 5) is 30.5. The highest BCUT2D eigenvalue weighted by Gasteiger charge is 2.48. The minimum absolute atomic E-state index is 0.167. The highest BCUT2D eigenvalue weighted by molar-refractivity contribution is 6.21. The van der Waals surface area contributed by atoms with Crippen molar-refractivity contribution in [2.45, 2.75) is 6.17 Å². The van der Waals surface area contributed by atoms with Crippen LogP contribution in [0.2, 0.25) is 0 Å². The molecule has 2 aliphatic rings. The van der Waals surface area contributed by atoms with E-state index < -0.39 is 6.17 Å². The summed E-state index contributed by atoms with van der Waals surface area (Å²) in [6.45, 7) is 0. The Morgan fingerprint density at radius 1 is 0.710 bits per heavy atom. The van der Waals surface area contributed by atoms with Crippen molar-refractivity contribution in [2.75, 3.05) is 31.1 Å². The van der Waals surface area contributed by atoms with Crippen molar-refractivity contribution in [3.8, 4) is 17.2 Å². The van der Waals surface area contributed by atoms with Crippen LogP contribution < -0.4 is 24.0 Å². The highest BCUT2D eigenvalue weighted by atomic mass is 16.5. The van der Waals surface area contributed by atoms with Crippen molar-refractivity contribution in [1.82, 2.24) is 0 Å². The molecule has 7 heteroatoms. The largest absolute Gasteiger partial charge is 0.497 e. The number of carbonyl (C=O) groups excluding carboxylic acids is 2. The zero-order chi connectivity index (χ0) is 21.7. The zero-order valence-electron chi connectivity index (χ0n) is 17.3. The van der Waals surface area contributed by atoms with E-state index in [1.54, 1.807) is 47.2 Å². The van der Waals surface area contributed by atoms with Crippen LogP contribution >= 0.6 is 0 Å². The molecule has 156 valence electrons. The average molecular weight is 416 g/mol. The van der Waals surface area contributed by atoms with Crippen LogP contribution in [0.1, 0.15) is 32.4 Å². The minimum Gasteiger partial charge on any atom is -0.497 e. The monoisotopic (exact) mass is 416 g/mol. The Bertz CT molecular complexity index is 1210. The molecule has 7 nitrogen and oxygen atoms in total. The van der Waals surface area contributed by atoms with Gasteiger partial charge in [-0.2, -0.15) is 0 Å². The third-order valence-electron chi connectivity index (χ3n) is 5.74. The SMILES string of the molecule is COc1ccc(N2C(=O)c3cc(OC)c(OC)cc3N3C(=O)c4ccccc4C23)cc1. The normalized spacial score (nSPS) is 16.5. The van der Waals surface area contributed by atoms with Crippen molar-refractivity contribution >= 4 is 23.2 Å². The van der Waals surface area contributed by atoms with Crippen LogP contribution in [0.25, 0.3) is 0 Å². The lowest BCUT2D eigenvalue weighted by Crippen LogP contribution is -2.48. The van der Waals surface area contributed by atoms with Crippen molar-refractivity contribution in [2.24, 2.45) is 0 Å². The summed E-state index contributed by atoms with van der Waals surface area (Å²) >= 11 is 0. The Labute approximate surface area is 179 Å². The summed E-state index contributed by atoms with van der Waals surface area (Å²) in [5, 5.41) is 0. The van der Waals surface area contributed by atoms with Gasteiger partial charge < -0.3 is 14.2 Å². The summed E-state index contributed by atoms with van der Waals surface area (Å²) in [5.74, 6) is 1.16. The van der Waals surface area contributed by atoms with Crippen molar-refractivity contribution in [1.29, 1.82) is 0 Å². The van der Waals surface area contributed by atoms with Crippen LogP contribution in [0.4, 0.5) is 11.4 Å². The molecule has 0 fully saturated rings. The predicted molar refractivity (Wildman–Crippen MR) is 115 cm³/mol. The lowest BCUT2D eigenvalue weighted by atomic mass is 10.0. The molecule has 0 spiro atoms. The maximum absolute atomic E-state index is 13.8. The van der Waals surface area contributed by atoms with E-state index in [2.05, 4.69) is 0 Å². The topological polar surface area (TPSA) is 68.3 Å². The molecule has 1 atom stereocenters. The van der Waals surface area contributed by atoms with Gasteiger partial charge in [-0.1, -0.05) is 18.2 Å². The Morgan fingerprint density at radius 2 is 1.35 bits per heavy atom. The van der Waals surface area contributed by atoms with Gasteiger partial charge in [-0.25, -0.2) is 0 Å². The molecule has 5 rings (SSSR count). The predicted octanol–water partition coefficient (Wildman–Crippen LogP) is 4.03. The molecule has 0 saturated carbocycles. The number of rotatable bonds is 4. The second kappa shape index (κ2) is 7.05. The van der Waals surface area contributed by atoms with Crippen LogP contribution in [-0.4, -0.2) is 33.1 Å². The van der Waals surface area contributed by atoms with Crippen molar-refractivity contribution in [3.05, 3.63) is 77.4 Å². The molecule has 0 N–H and O–H groups in total. The van der Waals surface area contributed by atoms with Crippen molar-refractivity contribution in [3.63, 3.8) is 0 Å². The van der Waals surface area contributed by atoms with Gasteiger partial charge in [-0.05, 0) is 36.4 Å². The number of benzene rings is 3. The molecule has 0 saturated heterocycles. The smallest absolute Gasteiger partial charge is 0.262 e. The number of hydrogen-bond acceptors (Lipinski definition) is 5. The number of carbonyl (C=O) groups is 2. The molecule has 0 aliphatic carbocycles. The quantitative estimate of drug-likeness (QED) is 0.642. The number of anilines is 2. The van der Waals surface area contributed by atoms with Crippen LogP contribution in [0.15, 0.2) is 60.7 Å². The number of hydrogen-bond donors (Lipinski definition) is 0.